The van der Waals surface area contributed by atoms with Gasteiger partial charge in [0.05, 0.1) is 23.7 Å². The second kappa shape index (κ2) is 7.51. The van der Waals surface area contributed by atoms with Crippen molar-refractivity contribution in [1.29, 1.82) is 0 Å². The summed E-state index contributed by atoms with van der Waals surface area (Å²) >= 11 is 6.05. The molecule has 0 fully saturated rings. The van der Waals surface area contributed by atoms with Crippen molar-refractivity contribution < 1.29 is 18.9 Å². The quantitative estimate of drug-likeness (QED) is 0.487. The van der Waals surface area contributed by atoms with Crippen molar-refractivity contribution >= 4 is 28.9 Å². The Bertz CT molecular complexity index is 1030. The summed E-state index contributed by atoms with van der Waals surface area (Å²) in [4.78, 5) is 23.2. The van der Waals surface area contributed by atoms with Crippen molar-refractivity contribution in [3.8, 4) is 17.1 Å². The van der Waals surface area contributed by atoms with Gasteiger partial charge in [0.15, 0.2) is 5.76 Å². The maximum absolute atomic E-state index is 12.4. The van der Waals surface area contributed by atoms with Gasteiger partial charge in [-0.2, -0.15) is 0 Å². The Morgan fingerprint density at radius 3 is 2.70 bits per heavy atom. The maximum atomic E-state index is 12.4. The standard InChI is InChI=1S/C19H15ClN2O5/c1-11-14(20)4-3-5-15(11)21-19(23)18-9-8-17(27-18)13-7-6-12(26-2)10-16(13)22(24)25/h3-10H,1-2H3,(H,21,23). The van der Waals surface area contributed by atoms with E-state index in [0.717, 1.165) is 5.56 Å². The van der Waals surface area contributed by atoms with Gasteiger partial charge < -0.3 is 14.5 Å². The van der Waals surface area contributed by atoms with Crippen LogP contribution >= 0.6 is 11.6 Å². The molecule has 3 rings (SSSR count). The van der Waals surface area contributed by atoms with E-state index >= 15 is 0 Å². The van der Waals surface area contributed by atoms with Gasteiger partial charge in [-0.25, -0.2) is 0 Å². The molecule has 0 bridgehead atoms. The lowest BCUT2D eigenvalue weighted by Crippen LogP contribution is -2.11. The zero-order valence-electron chi connectivity index (χ0n) is 14.5. The van der Waals surface area contributed by atoms with Gasteiger partial charge in [-0.1, -0.05) is 17.7 Å². The van der Waals surface area contributed by atoms with Crippen molar-refractivity contribution in [2.45, 2.75) is 6.92 Å². The number of benzene rings is 2. The number of hydrogen-bond donors (Lipinski definition) is 1. The monoisotopic (exact) mass is 386 g/mol. The number of rotatable bonds is 5. The van der Waals surface area contributed by atoms with E-state index in [4.69, 9.17) is 20.8 Å². The third-order valence-electron chi connectivity index (χ3n) is 4.01. The average molecular weight is 387 g/mol. The Hall–Kier alpha value is -3.32. The van der Waals surface area contributed by atoms with Crippen LogP contribution in [0.15, 0.2) is 52.9 Å². The van der Waals surface area contributed by atoms with E-state index in [1.807, 2.05) is 0 Å². The highest BCUT2D eigenvalue weighted by Gasteiger charge is 2.21. The van der Waals surface area contributed by atoms with Gasteiger partial charge in [0, 0.05) is 10.7 Å². The van der Waals surface area contributed by atoms with Crippen LogP contribution in [0.3, 0.4) is 0 Å². The first-order valence-corrected chi connectivity index (χ1v) is 8.27. The third-order valence-corrected chi connectivity index (χ3v) is 4.42. The number of hydrogen-bond acceptors (Lipinski definition) is 5. The summed E-state index contributed by atoms with van der Waals surface area (Å²) in [5.41, 5.74) is 1.35. The molecule has 0 aliphatic rings. The number of furan rings is 1. The average Bonchev–Trinajstić information content (AvgIpc) is 3.15. The number of nitrogens with zero attached hydrogens (tertiary/aromatic N) is 1. The molecule has 1 amide bonds. The van der Waals surface area contributed by atoms with E-state index in [2.05, 4.69) is 5.32 Å². The molecule has 7 nitrogen and oxygen atoms in total. The molecular weight excluding hydrogens is 372 g/mol. The number of nitrogens with one attached hydrogen (secondary N) is 1. The fourth-order valence-corrected chi connectivity index (χ4v) is 2.70. The van der Waals surface area contributed by atoms with Crippen LogP contribution < -0.4 is 10.1 Å². The lowest BCUT2D eigenvalue weighted by atomic mass is 10.1. The number of nitro benzene ring substituents is 1. The molecule has 0 saturated heterocycles. The lowest BCUT2D eigenvalue weighted by molar-refractivity contribution is -0.384. The number of amides is 1. The number of carbonyl (C=O) groups excluding carboxylic acids is 1. The first kappa shape index (κ1) is 18.5. The minimum atomic E-state index is -0.532. The molecule has 0 atom stereocenters. The molecule has 0 aliphatic carbocycles. The molecule has 138 valence electrons. The number of anilines is 1. The normalized spacial score (nSPS) is 10.5. The Kier molecular flexibility index (Phi) is 5.14. The Labute approximate surface area is 159 Å². The maximum Gasteiger partial charge on any atom is 0.291 e. The molecule has 3 aromatic rings. The first-order valence-electron chi connectivity index (χ1n) is 7.90. The number of methoxy groups -OCH3 is 1. The second-order valence-corrected chi connectivity index (χ2v) is 6.08. The Morgan fingerprint density at radius 2 is 2.00 bits per heavy atom. The predicted octanol–water partition coefficient (Wildman–Crippen LogP) is 5.08. The lowest BCUT2D eigenvalue weighted by Gasteiger charge is -2.08. The van der Waals surface area contributed by atoms with Gasteiger partial charge in [0.1, 0.15) is 11.5 Å². The molecule has 0 radical (unpaired) electrons. The number of carbonyl (C=O) groups is 1. The summed E-state index contributed by atoms with van der Waals surface area (Å²) in [6.45, 7) is 1.78. The first-order chi connectivity index (χ1) is 12.9. The molecular formula is C19H15ClN2O5. The zero-order chi connectivity index (χ0) is 19.6. The summed E-state index contributed by atoms with van der Waals surface area (Å²) in [6, 6.07) is 12.5. The molecule has 2 aromatic carbocycles. The van der Waals surface area contributed by atoms with Crippen molar-refractivity contribution in [2.75, 3.05) is 12.4 Å². The number of ether oxygens (including phenoxy) is 1. The molecule has 1 aromatic heterocycles. The van der Waals surface area contributed by atoms with Crippen molar-refractivity contribution in [1.82, 2.24) is 0 Å². The smallest absolute Gasteiger partial charge is 0.291 e. The summed E-state index contributed by atoms with van der Waals surface area (Å²) in [5.74, 6) is 0.0981. The summed E-state index contributed by atoms with van der Waals surface area (Å²) in [5, 5.41) is 14.6. The Balaban J connectivity index is 1.90. The molecule has 0 spiro atoms. The summed E-state index contributed by atoms with van der Waals surface area (Å²) < 4.78 is 10.6. The molecule has 1 heterocycles. The van der Waals surface area contributed by atoms with Crippen molar-refractivity contribution in [2.24, 2.45) is 0 Å². The van der Waals surface area contributed by atoms with Gasteiger partial charge in [0.2, 0.25) is 0 Å². The highest BCUT2D eigenvalue weighted by atomic mass is 35.5. The van der Waals surface area contributed by atoms with Crippen LogP contribution in [0.2, 0.25) is 5.02 Å². The van der Waals surface area contributed by atoms with E-state index in [9.17, 15) is 14.9 Å². The largest absolute Gasteiger partial charge is 0.497 e. The van der Waals surface area contributed by atoms with Gasteiger partial charge in [-0.05, 0) is 48.9 Å². The van der Waals surface area contributed by atoms with Crippen LogP contribution in [-0.2, 0) is 0 Å². The van der Waals surface area contributed by atoms with Crippen LogP contribution in [0.1, 0.15) is 16.1 Å². The molecule has 27 heavy (non-hydrogen) atoms. The highest BCUT2D eigenvalue weighted by molar-refractivity contribution is 6.31. The fraction of sp³-hybridized carbons (Fsp3) is 0.105. The van der Waals surface area contributed by atoms with Crippen LogP contribution in [0, 0.1) is 17.0 Å². The van der Waals surface area contributed by atoms with Gasteiger partial charge in [-0.15, -0.1) is 0 Å². The van der Waals surface area contributed by atoms with E-state index < -0.39 is 10.8 Å². The number of nitro groups is 1. The molecule has 0 saturated carbocycles. The molecule has 0 aliphatic heterocycles. The zero-order valence-corrected chi connectivity index (χ0v) is 15.2. The molecule has 8 heteroatoms. The van der Waals surface area contributed by atoms with E-state index in [1.165, 1.54) is 31.4 Å². The van der Waals surface area contributed by atoms with E-state index in [1.54, 1.807) is 31.2 Å². The van der Waals surface area contributed by atoms with Crippen LogP contribution in [0.25, 0.3) is 11.3 Å². The second-order valence-electron chi connectivity index (χ2n) is 5.67. The highest BCUT2D eigenvalue weighted by Crippen LogP contribution is 2.34. The van der Waals surface area contributed by atoms with E-state index in [-0.39, 0.29) is 22.8 Å². The van der Waals surface area contributed by atoms with Gasteiger partial charge in [0.25, 0.3) is 11.6 Å². The third kappa shape index (κ3) is 3.78. The van der Waals surface area contributed by atoms with Crippen LogP contribution in [-0.4, -0.2) is 17.9 Å². The minimum absolute atomic E-state index is 0.0227. The van der Waals surface area contributed by atoms with Gasteiger partial charge in [-0.3, -0.25) is 14.9 Å². The number of halogens is 1. The molecule has 0 unspecified atom stereocenters. The predicted molar refractivity (Wildman–Crippen MR) is 101 cm³/mol. The van der Waals surface area contributed by atoms with Crippen molar-refractivity contribution in [3.63, 3.8) is 0 Å². The molecule has 1 N–H and O–H groups in total. The van der Waals surface area contributed by atoms with Crippen LogP contribution in [0.4, 0.5) is 11.4 Å². The summed E-state index contributed by atoms with van der Waals surface area (Å²) in [6.07, 6.45) is 0. The Morgan fingerprint density at radius 1 is 1.22 bits per heavy atom. The van der Waals surface area contributed by atoms with E-state index in [0.29, 0.717) is 16.5 Å². The van der Waals surface area contributed by atoms with Crippen molar-refractivity contribution in [3.05, 3.63) is 75.0 Å². The van der Waals surface area contributed by atoms with Crippen LogP contribution in [0.5, 0.6) is 5.75 Å². The van der Waals surface area contributed by atoms with Gasteiger partial charge >= 0.3 is 0 Å². The fourth-order valence-electron chi connectivity index (χ4n) is 2.53. The summed E-state index contributed by atoms with van der Waals surface area (Å²) in [7, 11) is 1.42. The topological polar surface area (TPSA) is 94.6 Å². The SMILES string of the molecule is COc1ccc(-c2ccc(C(=O)Nc3cccc(Cl)c3C)o2)c([N+](=O)[O-])c1. The minimum Gasteiger partial charge on any atom is -0.497 e.